The van der Waals surface area contributed by atoms with E-state index in [0.717, 1.165) is 4.90 Å². The van der Waals surface area contributed by atoms with E-state index in [0.29, 0.717) is 12.8 Å². The fraction of sp³-hybridized carbons (Fsp3) is 0.333. The summed E-state index contributed by atoms with van der Waals surface area (Å²) in [6, 6.07) is 2.91. The molecule has 2 atom stereocenters. The Hall–Kier alpha value is -2.70. The standard InChI is InChI=1S/C15H15N3O4/c19-11-6-3-7-16-13(11)17-12(20)8-18-14(21)9-4-1-2-5-10(9)15(18)22/h1-3,6-7,9-10,19H,4-5,8H2,(H,16,17,20). The molecule has 3 rings (SSSR count). The quantitative estimate of drug-likeness (QED) is 0.631. The number of aromatic nitrogens is 1. The molecule has 1 fully saturated rings. The zero-order valence-electron chi connectivity index (χ0n) is 11.7. The van der Waals surface area contributed by atoms with Gasteiger partial charge in [-0.05, 0) is 25.0 Å². The van der Waals surface area contributed by atoms with Crippen molar-refractivity contribution in [2.45, 2.75) is 12.8 Å². The molecule has 0 spiro atoms. The minimum atomic E-state index is -0.567. The summed E-state index contributed by atoms with van der Waals surface area (Å²) in [5, 5.41) is 12.0. The molecule has 114 valence electrons. The smallest absolute Gasteiger partial charge is 0.245 e. The second-order valence-corrected chi connectivity index (χ2v) is 5.34. The number of pyridine rings is 1. The number of anilines is 1. The molecule has 2 unspecified atom stereocenters. The first-order valence-corrected chi connectivity index (χ1v) is 7.02. The Kier molecular flexibility index (Phi) is 3.62. The van der Waals surface area contributed by atoms with Gasteiger partial charge in [-0.3, -0.25) is 19.3 Å². The van der Waals surface area contributed by atoms with Gasteiger partial charge in [-0.2, -0.15) is 0 Å². The molecule has 1 aromatic heterocycles. The summed E-state index contributed by atoms with van der Waals surface area (Å²) < 4.78 is 0. The Balaban J connectivity index is 1.68. The lowest BCUT2D eigenvalue weighted by atomic mass is 9.85. The molecule has 0 radical (unpaired) electrons. The van der Waals surface area contributed by atoms with Crippen LogP contribution in [0.1, 0.15) is 12.8 Å². The molecular weight excluding hydrogens is 286 g/mol. The van der Waals surface area contributed by atoms with Gasteiger partial charge >= 0.3 is 0 Å². The van der Waals surface area contributed by atoms with E-state index in [1.165, 1.54) is 18.3 Å². The third-order valence-corrected chi connectivity index (χ3v) is 3.94. The highest BCUT2D eigenvalue weighted by Crippen LogP contribution is 2.34. The van der Waals surface area contributed by atoms with Gasteiger partial charge in [-0.1, -0.05) is 12.2 Å². The lowest BCUT2D eigenvalue weighted by Crippen LogP contribution is -2.38. The van der Waals surface area contributed by atoms with E-state index in [1.807, 2.05) is 12.2 Å². The van der Waals surface area contributed by atoms with Crippen molar-refractivity contribution < 1.29 is 19.5 Å². The maximum atomic E-state index is 12.2. The Morgan fingerprint density at radius 3 is 2.50 bits per heavy atom. The van der Waals surface area contributed by atoms with E-state index in [2.05, 4.69) is 10.3 Å². The topological polar surface area (TPSA) is 99.6 Å². The van der Waals surface area contributed by atoms with Crippen LogP contribution in [0.15, 0.2) is 30.5 Å². The second-order valence-electron chi connectivity index (χ2n) is 5.34. The molecule has 7 nitrogen and oxygen atoms in total. The van der Waals surface area contributed by atoms with Crippen molar-refractivity contribution in [1.29, 1.82) is 0 Å². The van der Waals surface area contributed by atoms with E-state index < -0.39 is 5.91 Å². The van der Waals surface area contributed by atoms with Crippen LogP contribution in [0.25, 0.3) is 0 Å². The molecule has 0 bridgehead atoms. The van der Waals surface area contributed by atoms with Crippen LogP contribution in [-0.4, -0.2) is 39.3 Å². The van der Waals surface area contributed by atoms with Crippen LogP contribution in [0.2, 0.25) is 0 Å². The third kappa shape index (κ3) is 2.45. The summed E-state index contributed by atoms with van der Waals surface area (Å²) in [6.45, 7) is -0.360. The number of hydrogen-bond donors (Lipinski definition) is 2. The normalized spacial score (nSPS) is 23.5. The van der Waals surface area contributed by atoms with Gasteiger partial charge in [0, 0.05) is 6.20 Å². The number of hydrogen-bond acceptors (Lipinski definition) is 5. The molecule has 0 saturated carbocycles. The SMILES string of the molecule is O=C(CN1C(=O)C2CC=CCC2C1=O)Nc1ncccc1O. The zero-order chi connectivity index (χ0) is 15.7. The van der Waals surface area contributed by atoms with Crippen molar-refractivity contribution in [2.24, 2.45) is 11.8 Å². The molecule has 3 amide bonds. The molecule has 7 heteroatoms. The van der Waals surface area contributed by atoms with Gasteiger partial charge in [-0.25, -0.2) is 4.98 Å². The Morgan fingerprint density at radius 1 is 1.27 bits per heavy atom. The molecule has 2 N–H and O–H groups in total. The Bertz CT molecular complexity index is 645. The summed E-state index contributed by atoms with van der Waals surface area (Å²) in [7, 11) is 0. The number of rotatable bonds is 3. The van der Waals surface area contributed by atoms with Crippen LogP contribution in [0, 0.1) is 11.8 Å². The number of aromatic hydroxyl groups is 1. The number of imide groups is 1. The molecule has 2 heterocycles. The van der Waals surface area contributed by atoms with Gasteiger partial charge in [0.15, 0.2) is 11.6 Å². The first-order valence-electron chi connectivity index (χ1n) is 7.02. The summed E-state index contributed by atoms with van der Waals surface area (Å²) in [4.78, 5) is 41.3. The van der Waals surface area contributed by atoms with Crippen LogP contribution in [-0.2, 0) is 14.4 Å². The van der Waals surface area contributed by atoms with Crippen molar-refractivity contribution in [1.82, 2.24) is 9.88 Å². The summed E-state index contributed by atoms with van der Waals surface area (Å²) in [5.41, 5.74) is 0. The van der Waals surface area contributed by atoms with Crippen molar-refractivity contribution >= 4 is 23.5 Å². The highest BCUT2D eigenvalue weighted by atomic mass is 16.3. The first kappa shape index (κ1) is 14.2. The monoisotopic (exact) mass is 301 g/mol. The number of carbonyl (C=O) groups excluding carboxylic acids is 3. The number of amides is 3. The minimum Gasteiger partial charge on any atom is -0.504 e. The number of carbonyl (C=O) groups is 3. The average Bonchev–Trinajstić information content (AvgIpc) is 2.75. The Labute approximate surface area is 126 Å². The lowest BCUT2D eigenvalue weighted by molar-refractivity contribution is -0.142. The maximum absolute atomic E-state index is 12.2. The predicted octanol–water partition coefficient (Wildman–Crippen LogP) is 0.677. The molecule has 1 aliphatic carbocycles. The second kappa shape index (κ2) is 5.59. The number of likely N-dealkylation sites (tertiary alicyclic amines) is 1. The van der Waals surface area contributed by atoms with Crippen LogP contribution in [0.3, 0.4) is 0 Å². The molecule has 22 heavy (non-hydrogen) atoms. The van der Waals surface area contributed by atoms with Gasteiger partial charge in [0.1, 0.15) is 6.54 Å². The molecule has 1 aliphatic heterocycles. The number of fused-ring (bicyclic) bond motifs is 1. The number of nitrogens with zero attached hydrogens (tertiary/aromatic N) is 2. The molecule has 2 aliphatic rings. The van der Waals surface area contributed by atoms with E-state index in [-0.39, 0.29) is 41.8 Å². The average molecular weight is 301 g/mol. The van der Waals surface area contributed by atoms with Gasteiger partial charge in [0.2, 0.25) is 17.7 Å². The molecular formula is C15H15N3O4. The third-order valence-electron chi connectivity index (χ3n) is 3.94. The van der Waals surface area contributed by atoms with E-state index in [4.69, 9.17) is 0 Å². The predicted molar refractivity (Wildman–Crippen MR) is 76.6 cm³/mol. The number of allylic oxidation sites excluding steroid dienone is 2. The fourth-order valence-corrected chi connectivity index (χ4v) is 2.83. The first-order chi connectivity index (χ1) is 10.6. The number of nitrogens with one attached hydrogen (secondary N) is 1. The van der Waals surface area contributed by atoms with Crippen molar-refractivity contribution in [3.63, 3.8) is 0 Å². The zero-order valence-corrected chi connectivity index (χ0v) is 11.7. The molecule has 0 aromatic carbocycles. The fourth-order valence-electron chi connectivity index (χ4n) is 2.83. The highest BCUT2D eigenvalue weighted by molar-refractivity contribution is 6.08. The molecule has 1 saturated heterocycles. The van der Waals surface area contributed by atoms with Gasteiger partial charge in [0.25, 0.3) is 0 Å². The van der Waals surface area contributed by atoms with Crippen molar-refractivity contribution in [3.05, 3.63) is 30.5 Å². The largest absolute Gasteiger partial charge is 0.504 e. The van der Waals surface area contributed by atoms with Crippen LogP contribution < -0.4 is 5.32 Å². The Morgan fingerprint density at radius 2 is 1.91 bits per heavy atom. The van der Waals surface area contributed by atoms with Gasteiger partial charge < -0.3 is 10.4 Å². The summed E-state index contributed by atoms with van der Waals surface area (Å²) in [6.07, 6.45) is 6.27. The minimum absolute atomic E-state index is 0.00526. The highest BCUT2D eigenvalue weighted by Gasteiger charge is 2.47. The van der Waals surface area contributed by atoms with E-state index in [9.17, 15) is 19.5 Å². The van der Waals surface area contributed by atoms with Gasteiger partial charge in [-0.15, -0.1) is 0 Å². The van der Waals surface area contributed by atoms with Crippen molar-refractivity contribution in [3.8, 4) is 5.75 Å². The van der Waals surface area contributed by atoms with E-state index >= 15 is 0 Å². The van der Waals surface area contributed by atoms with Crippen LogP contribution in [0.5, 0.6) is 5.75 Å². The van der Waals surface area contributed by atoms with E-state index in [1.54, 1.807) is 0 Å². The van der Waals surface area contributed by atoms with Crippen molar-refractivity contribution in [2.75, 3.05) is 11.9 Å². The van der Waals surface area contributed by atoms with Gasteiger partial charge in [0.05, 0.1) is 11.8 Å². The summed E-state index contributed by atoms with van der Waals surface area (Å²) in [5.74, 6) is -2.05. The molecule has 1 aromatic rings. The summed E-state index contributed by atoms with van der Waals surface area (Å²) >= 11 is 0. The van der Waals surface area contributed by atoms with Crippen LogP contribution in [0.4, 0.5) is 5.82 Å². The lowest BCUT2D eigenvalue weighted by Gasteiger charge is -2.14. The maximum Gasteiger partial charge on any atom is 0.245 e. The van der Waals surface area contributed by atoms with Crippen LogP contribution >= 0.6 is 0 Å².